The second-order valence-electron chi connectivity index (χ2n) is 4.58. The van der Waals surface area contributed by atoms with Gasteiger partial charge in [0, 0.05) is 25.3 Å². The van der Waals surface area contributed by atoms with Gasteiger partial charge in [0.2, 0.25) is 10.0 Å². The van der Waals surface area contributed by atoms with Crippen LogP contribution in [-0.2, 0) is 16.6 Å². The first-order valence-electron chi connectivity index (χ1n) is 6.26. The number of sulfonamides is 1. The zero-order valence-corrected chi connectivity index (χ0v) is 12.6. The third-order valence-corrected chi connectivity index (χ3v) is 3.87. The number of aromatic nitrogens is 1. The van der Waals surface area contributed by atoms with E-state index in [1.807, 2.05) is 27.7 Å². The van der Waals surface area contributed by atoms with Crippen molar-refractivity contribution in [2.24, 2.45) is 5.14 Å². The zero-order chi connectivity index (χ0) is 14.8. The predicted octanol–water partition coefficient (Wildman–Crippen LogP) is 1.03. The number of aryl methyl sites for hydroxylation is 1. The van der Waals surface area contributed by atoms with Crippen molar-refractivity contribution in [3.05, 3.63) is 18.0 Å². The maximum absolute atomic E-state index is 12.4. The molecule has 0 aliphatic rings. The minimum atomic E-state index is -3.79. The van der Waals surface area contributed by atoms with Crippen LogP contribution in [0.25, 0.3) is 0 Å². The van der Waals surface area contributed by atoms with Gasteiger partial charge in [-0.2, -0.15) is 0 Å². The fourth-order valence-corrected chi connectivity index (χ4v) is 2.52. The highest BCUT2D eigenvalue weighted by Crippen LogP contribution is 2.16. The van der Waals surface area contributed by atoms with E-state index in [0.29, 0.717) is 18.8 Å². The largest absolute Gasteiger partial charge is 0.342 e. The first kappa shape index (κ1) is 15.7. The molecule has 0 bridgehead atoms. The van der Waals surface area contributed by atoms with Crippen molar-refractivity contribution in [2.45, 2.75) is 45.2 Å². The highest BCUT2D eigenvalue weighted by molar-refractivity contribution is 7.89. The molecule has 0 saturated carbocycles. The molecular formula is C12H21N3O3S. The average Bonchev–Trinajstić information content (AvgIpc) is 2.72. The SMILES string of the molecule is CCN(C(=O)c1cc(S(N)(=O)=O)cn1CC)C(C)C. The molecule has 0 atom stereocenters. The van der Waals surface area contributed by atoms with Crippen molar-refractivity contribution < 1.29 is 13.2 Å². The summed E-state index contributed by atoms with van der Waals surface area (Å²) in [7, 11) is -3.79. The standard InChI is InChI=1S/C12H21N3O3S/c1-5-14-8-10(19(13,17)18)7-11(14)12(16)15(6-2)9(3)4/h7-9H,5-6H2,1-4H3,(H2,13,17,18). The topological polar surface area (TPSA) is 85.4 Å². The normalized spacial score (nSPS) is 11.9. The van der Waals surface area contributed by atoms with Gasteiger partial charge in [-0.15, -0.1) is 0 Å². The Morgan fingerprint density at radius 3 is 2.37 bits per heavy atom. The van der Waals surface area contributed by atoms with E-state index >= 15 is 0 Å². The van der Waals surface area contributed by atoms with Gasteiger partial charge < -0.3 is 9.47 Å². The molecule has 0 aliphatic heterocycles. The lowest BCUT2D eigenvalue weighted by Gasteiger charge is -2.25. The predicted molar refractivity (Wildman–Crippen MR) is 73.3 cm³/mol. The van der Waals surface area contributed by atoms with Gasteiger partial charge in [0.25, 0.3) is 5.91 Å². The molecule has 0 radical (unpaired) electrons. The molecule has 0 saturated heterocycles. The van der Waals surface area contributed by atoms with Crippen LogP contribution in [0.5, 0.6) is 0 Å². The summed E-state index contributed by atoms with van der Waals surface area (Å²) in [5.74, 6) is -0.186. The molecule has 1 aromatic heterocycles. The van der Waals surface area contributed by atoms with Gasteiger partial charge >= 0.3 is 0 Å². The number of hydrogen-bond donors (Lipinski definition) is 1. The number of primary sulfonamides is 1. The van der Waals surface area contributed by atoms with Gasteiger partial charge in [-0.3, -0.25) is 4.79 Å². The van der Waals surface area contributed by atoms with E-state index < -0.39 is 10.0 Å². The summed E-state index contributed by atoms with van der Waals surface area (Å²) in [6, 6.07) is 1.39. The van der Waals surface area contributed by atoms with E-state index in [1.165, 1.54) is 12.3 Å². The van der Waals surface area contributed by atoms with E-state index in [-0.39, 0.29) is 16.8 Å². The maximum Gasteiger partial charge on any atom is 0.270 e. The Kier molecular flexibility index (Phi) is 4.75. The van der Waals surface area contributed by atoms with Gasteiger partial charge in [0.05, 0.1) is 0 Å². The fourth-order valence-electron chi connectivity index (χ4n) is 1.97. The number of hydrogen-bond acceptors (Lipinski definition) is 3. The molecule has 108 valence electrons. The number of amides is 1. The minimum Gasteiger partial charge on any atom is -0.342 e. The van der Waals surface area contributed by atoms with Gasteiger partial charge in [0.15, 0.2) is 0 Å². The number of carbonyl (C=O) groups is 1. The summed E-state index contributed by atoms with van der Waals surface area (Å²) >= 11 is 0. The summed E-state index contributed by atoms with van der Waals surface area (Å²) in [4.78, 5) is 14.1. The third-order valence-electron chi connectivity index (χ3n) is 2.98. The van der Waals surface area contributed by atoms with E-state index in [4.69, 9.17) is 5.14 Å². The molecule has 1 amide bonds. The Balaban J connectivity index is 3.27. The Hall–Kier alpha value is -1.34. The van der Waals surface area contributed by atoms with Gasteiger partial charge in [-0.05, 0) is 33.8 Å². The van der Waals surface area contributed by atoms with Crippen molar-refractivity contribution in [3.63, 3.8) is 0 Å². The molecule has 0 spiro atoms. The molecule has 0 aliphatic carbocycles. The van der Waals surface area contributed by atoms with E-state index in [1.54, 1.807) is 9.47 Å². The average molecular weight is 287 g/mol. The lowest BCUT2D eigenvalue weighted by molar-refractivity contribution is 0.0706. The molecule has 19 heavy (non-hydrogen) atoms. The monoisotopic (exact) mass is 287 g/mol. The Morgan fingerprint density at radius 1 is 1.42 bits per heavy atom. The van der Waals surface area contributed by atoms with Crippen molar-refractivity contribution in [1.82, 2.24) is 9.47 Å². The first-order chi connectivity index (χ1) is 8.72. The second-order valence-corrected chi connectivity index (χ2v) is 6.14. The van der Waals surface area contributed by atoms with E-state index in [0.717, 1.165) is 0 Å². The fraction of sp³-hybridized carbons (Fsp3) is 0.583. The number of carbonyl (C=O) groups excluding carboxylic acids is 1. The highest BCUT2D eigenvalue weighted by atomic mass is 32.2. The molecule has 7 heteroatoms. The Bertz CT molecular complexity index is 561. The highest BCUT2D eigenvalue weighted by Gasteiger charge is 2.23. The van der Waals surface area contributed by atoms with E-state index in [2.05, 4.69) is 0 Å². The van der Waals surface area contributed by atoms with Crippen molar-refractivity contribution in [1.29, 1.82) is 0 Å². The molecule has 6 nitrogen and oxygen atoms in total. The molecule has 2 N–H and O–H groups in total. The summed E-state index contributed by atoms with van der Waals surface area (Å²) in [5.41, 5.74) is 0.349. The summed E-state index contributed by atoms with van der Waals surface area (Å²) in [6.45, 7) is 8.64. The van der Waals surface area contributed by atoms with Crippen LogP contribution in [0.4, 0.5) is 0 Å². The lowest BCUT2D eigenvalue weighted by atomic mass is 10.2. The quantitative estimate of drug-likeness (QED) is 0.877. The van der Waals surface area contributed by atoms with Gasteiger partial charge in [-0.25, -0.2) is 13.6 Å². The van der Waals surface area contributed by atoms with Crippen LogP contribution in [0.1, 0.15) is 38.2 Å². The van der Waals surface area contributed by atoms with Crippen LogP contribution in [0, 0.1) is 0 Å². The zero-order valence-electron chi connectivity index (χ0n) is 11.8. The molecule has 0 aromatic carbocycles. The summed E-state index contributed by atoms with van der Waals surface area (Å²) in [5, 5.41) is 5.10. The Labute approximate surface area is 114 Å². The third kappa shape index (κ3) is 3.36. The van der Waals surface area contributed by atoms with Crippen LogP contribution in [0.15, 0.2) is 17.2 Å². The lowest BCUT2D eigenvalue weighted by Crippen LogP contribution is -2.37. The number of nitrogens with zero attached hydrogens (tertiary/aromatic N) is 2. The van der Waals surface area contributed by atoms with Crippen LogP contribution < -0.4 is 5.14 Å². The summed E-state index contributed by atoms with van der Waals surface area (Å²) in [6.07, 6.45) is 1.40. The van der Waals surface area contributed by atoms with Gasteiger partial charge in [-0.1, -0.05) is 0 Å². The molecule has 0 unspecified atom stereocenters. The number of rotatable bonds is 5. The molecule has 1 aromatic rings. The smallest absolute Gasteiger partial charge is 0.270 e. The van der Waals surface area contributed by atoms with Crippen molar-refractivity contribution in [2.75, 3.05) is 6.54 Å². The Morgan fingerprint density at radius 2 is 2.00 bits per heavy atom. The van der Waals surface area contributed by atoms with E-state index in [9.17, 15) is 13.2 Å². The van der Waals surface area contributed by atoms with Gasteiger partial charge in [0.1, 0.15) is 10.6 Å². The van der Waals surface area contributed by atoms with Crippen LogP contribution in [-0.4, -0.2) is 36.4 Å². The second kappa shape index (κ2) is 5.75. The minimum absolute atomic E-state index is 0.0301. The molecule has 1 heterocycles. The molecular weight excluding hydrogens is 266 g/mol. The summed E-state index contributed by atoms with van der Waals surface area (Å²) < 4.78 is 24.3. The number of nitrogens with two attached hydrogens (primary N) is 1. The van der Waals surface area contributed by atoms with Crippen molar-refractivity contribution >= 4 is 15.9 Å². The molecule has 0 fully saturated rings. The van der Waals surface area contributed by atoms with Crippen LogP contribution in [0.3, 0.4) is 0 Å². The maximum atomic E-state index is 12.4. The molecule has 1 rings (SSSR count). The van der Waals surface area contributed by atoms with Crippen molar-refractivity contribution in [3.8, 4) is 0 Å². The van der Waals surface area contributed by atoms with Crippen LogP contribution in [0.2, 0.25) is 0 Å². The van der Waals surface area contributed by atoms with Crippen LogP contribution >= 0.6 is 0 Å². The first-order valence-corrected chi connectivity index (χ1v) is 7.80.